The molecule has 3 heteroatoms. The smallest absolute Gasteiger partial charge is 0.145 e. The van der Waals surface area contributed by atoms with Gasteiger partial charge in [0.25, 0.3) is 0 Å². The van der Waals surface area contributed by atoms with Crippen molar-refractivity contribution in [2.45, 2.75) is 13.3 Å². The van der Waals surface area contributed by atoms with E-state index in [1.807, 2.05) is 12.1 Å². The zero-order valence-electron chi connectivity index (χ0n) is 34.4. The first kappa shape index (κ1) is 37.0. The highest BCUT2D eigenvalue weighted by molar-refractivity contribution is 6.07. The van der Waals surface area contributed by atoms with E-state index >= 15 is 0 Å². The average Bonchev–Trinajstić information content (AvgIpc) is 3.92. The van der Waals surface area contributed by atoms with Gasteiger partial charge in [-0.25, -0.2) is 4.98 Å². The van der Waals surface area contributed by atoms with Gasteiger partial charge in [-0.1, -0.05) is 176 Å². The second kappa shape index (κ2) is 15.5. The molecule has 62 heavy (non-hydrogen) atoms. The molecule has 0 atom stereocenters. The maximum Gasteiger partial charge on any atom is 0.145 e. The Hall–Kier alpha value is -8.01. The summed E-state index contributed by atoms with van der Waals surface area (Å²) in [6.45, 7) is 6.98. The van der Waals surface area contributed by atoms with Crippen LogP contribution in [-0.2, 0) is 6.42 Å². The number of allylic oxidation sites excluding steroid dienone is 1. The summed E-state index contributed by atoms with van der Waals surface area (Å²) in [5, 5.41) is 2.21. The zero-order chi connectivity index (χ0) is 41.6. The quantitative estimate of drug-likeness (QED) is 0.146. The van der Waals surface area contributed by atoms with Gasteiger partial charge in [0.2, 0.25) is 0 Å². The number of hydrogen-bond acceptors (Lipinski definition) is 2. The summed E-state index contributed by atoms with van der Waals surface area (Å²) in [6, 6.07) is 75.3. The molecular weight excluding hydrogens is 753 g/mol. The van der Waals surface area contributed by atoms with Crippen LogP contribution in [0.25, 0.3) is 100 Å². The lowest BCUT2D eigenvalue weighted by Crippen LogP contribution is -1.97. The van der Waals surface area contributed by atoms with Crippen LogP contribution in [-0.4, -0.2) is 9.55 Å². The van der Waals surface area contributed by atoms with Gasteiger partial charge in [-0.15, -0.1) is 0 Å². The van der Waals surface area contributed by atoms with Crippen LogP contribution >= 0.6 is 0 Å². The van der Waals surface area contributed by atoms with Crippen LogP contribution in [0.5, 0.6) is 0 Å². The summed E-state index contributed by atoms with van der Waals surface area (Å²) in [6.07, 6.45) is 0.645. The second-order valence-electron chi connectivity index (χ2n) is 16.1. The highest BCUT2D eigenvalue weighted by atomic mass is 16.3. The van der Waals surface area contributed by atoms with Gasteiger partial charge in [0.1, 0.15) is 17.0 Å². The number of hydrogen-bond donors (Lipinski definition) is 0. The van der Waals surface area contributed by atoms with Gasteiger partial charge >= 0.3 is 0 Å². The highest BCUT2D eigenvalue weighted by Gasteiger charge is 2.18. The molecule has 0 N–H and O–H groups in total. The number of imidazole rings is 1. The minimum absolute atomic E-state index is 0.645. The molecule has 0 spiro atoms. The van der Waals surface area contributed by atoms with Crippen LogP contribution in [0.15, 0.2) is 223 Å². The summed E-state index contributed by atoms with van der Waals surface area (Å²) in [4.78, 5) is 5.03. The highest BCUT2D eigenvalue weighted by Crippen LogP contribution is 2.40. The number of rotatable bonds is 9. The molecule has 2 aromatic heterocycles. The van der Waals surface area contributed by atoms with Crippen LogP contribution in [0.2, 0.25) is 0 Å². The van der Waals surface area contributed by atoms with Crippen molar-refractivity contribution in [2.75, 3.05) is 0 Å². The van der Waals surface area contributed by atoms with Crippen molar-refractivity contribution in [3.05, 3.63) is 236 Å². The van der Waals surface area contributed by atoms with Crippen molar-refractivity contribution < 1.29 is 4.42 Å². The molecule has 0 bridgehead atoms. The van der Waals surface area contributed by atoms with Crippen LogP contribution in [0.4, 0.5) is 0 Å². The van der Waals surface area contributed by atoms with E-state index in [1.165, 1.54) is 38.9 Å². The molecule has 294 valence electrons. The van der Waals surface area contributed by atoms with Crippen molar-refractivity contribution in [1.82, 2.24) is 9.55 Å². The van der Waals surface area contributed by atoms with Crippen LogP contribution in [0.1, 0.15) is 16.7 Å². The third-order valence-corrected chi connectivity index (χ3v) is 12.2. The Balaban J connectivity index is 0.933. The minimum Gasteiger partial charge on any atom is -0.456 e. The molecule has 0 radical (unpaired) electrons. The predicted molar refractivity (Wildman–Crippen MR) is 259 cm³/mol. The first-order valence-corrected chi connectivity index (χ1v) is 21.2. The molecule has 0 saturated heterocycles. The molecule has 0 unspecified atom stereocenters. The molecule has 0 aliphatic carbocycles. The third kappa shape index (κ3) is 6.70. The Bertz CT molecular complexity index is 3430. The maximum atomic E-state index is 6.81. The van der Waals surface area contributed by atoms with Crippen molar-refractivity contribution >= 4 is 38.5 Å². The predicted octanol–water partition coefficient (Wildman–Crippen LogP) is 15.8. The Morgan fingerprint density at radius 3 is 1.79 bits per heavy atom. The summed E-state index contributed by atoms with van der Waals surface area (Å²) in [5.74, 6) is 0.925. The van der Waals surface area contributed by atoms with Gasteiger partial charge in [-0.2, -0.15) is 0 Å². The molecule has 0 amide bonds. The molecule has 3 nitrogen and oxygen atoms in total. The summed E-state index contributed by atoms with van der Waals surface area (Å²) < 4.78 is 9.05. The lowest BCUT2D eigenvalue weighted by molar-refractivity contribution is 0.665. The maximum absolute atomic E-state index is 6.81. The van der Waals surface area contributed by atoms with Crippen LogP contribution < -0.4 is 0 Å². The van der Waals surface area contributed by atoms with Crippen molar-refractivity contribution in [3.63, 3.8) is 0 Å². The van der Waals surface area contributed by atoms with Crippen molar-refractivity contribution in [2.24, 2.45) is 0 Å². The van der Waals surface area contributed by atoms with Crippen LogP contribution in [0, 0.1) is 6.92 Å². The fourth-order valence-electron chi connectivity index (χ4n) is 9.03. The van der Waals surface area contributed by atoms with Crippen LogP contribution in [0.3, 0.4) is 0 Å². The second-order valence-corrected chi connectivity index (χ2v) is 16.1. The third-order valence-electron chi connectivity index (χ3n) is 12.2. The fourth-order valence-corrected chi connectivity index (χ4v) is 9.03. The zero-order valence-corrected chi connectivity index (χ0v) is 34.4. The van der Waals surface area contributed by atoms with Gasteiger partial charge in [-0.05, 0) is 116 Å². The van der Waals surface area contributed by atoms with E-state index < -0.39 is 0 Å². The van der Waals surface area contributed by atoms with Gasteiger partial charge in [0, 0.05) is 28.4 Å². The largest absolute Gasteiger partial charge is 0.456 e. The summed E-state index contributed by atoms with van der Waals surface area (Å²) >= 11 is 0. The SMILES string of the molecule is C=C(Cc1cccc2c1oc1cc(-c3ccc(-n4c(-c5ccccc5)nc5ccccc54)cc3)ccc12)c1cc(-c2ccccc2)ccc1-c1ccc(-c2ccccc2)cc1C. The van der Waals surface area contributed by atoms with E-state index in [2.05, 4.69) is 212 Å². The molecule has 0 saturated carbocycles. The number of benzene rings is 9. The molecular formula is C59H42N2O. The Labute approximate surface area is 361 Å². The van der Waals surface area contributed by atoms with E-state index in [1.54, 1.807) is 0 Å². The van der Waals surface area contributed by atoms with E-state index in [-0.39, 0.29) is 0 Å². The molecule has 2 heterocycles. The summed E-state index contributed by atoms with van der Waals surface area (Å²) in [7, 11) is 0. The molecule has 11 rings (SSSR count). The average molecular weight is 795 g/mol. The number of furan rings is 1. The van der Waals surface area contributed by atoms with Gasteiger partial charge in [-0.3, -0.25) is 4.57 Å². The van der Waals surface area contributed by atoms with E-state index in [9.17, 15) is 0 Å². The normalized spacial score (nSPS) is 11.4. The standard InChI is InChI=1S/C59H42N2O/c1-39-35-45(41-15-6-3-7-16-41)27-32-50(39)51-33-28-46(42-17-8-4-9-18-42)37-54(51)40(2)36-48-21-14-22-53-52-34-29-47(38-57(52)62-58(48)53)43-25-30-49(31-26-43)61-56-24-13-12-23-55(56)60-59(61)44-19-10-5-11-20-44/h3-35,37-38H,2,36H2,1H3. The molecule has 0 aliphatic heterocycles. The van der Waals surface area contributed by atoms with Gasteiger partial charge < -0.3 is 4.42 Å². The Morgan fingerprint density at radius 2 is 1.08 bits per heavy atom. The van der Waals surface area contributed by atoms with Gasteiger partial charge in [0.15, 0.2) is 0 Å². The number of fused-ring (bicyclic) bond motifs is 4. The topological polar surface area (TPSA) is 31.0 Å². The lowest BCUT2D eigenvalue weighted by Gasteiger charge is -2.17. The van der Waals surface area contributed by atoms with E-state index in [0.717, 1.165) is 77.9 Å². The first-order chi connectivity index (χ1) is 30.6. The fraction of sp³-hybridized carbons (Fsp3) is 0.0339. The molecule has 0 fully saturated rings. The van der Waals surface area contributed by atoms with E-state index in [4.69, 9.17) is 16.0 Å². The number of aromatic nitrogens is 2. The minimum atomic E-state index is 0.645. The number of nitrogens with zero attached hydrogens (tertiary/aromatic N) is 2. The van der Waals surface area contributed by atoms with E-state index in [0.29, 0.717) is 6.42 Å². The van der Waals surface area contributed by atoms with Crippen molar-refractivity contribution in [1.29, 1.82) is 0 Å². The summed E-state index contributed by atoms with van der Waals surface area (Å²) in [5.41, 5.74) is 19.9. The Kier molecular flexibility index (Phi) is 9.28. The number of para-hydroxylation sites is 3. The van der Waals surface area contributed by atoms with Gasteiger partial charge in [0.05, 0.1) is 11.0 Å². The molecule has 0 aliphatic rings. The van der Waals surface area contributed by atoms with Crippen molar-refractivity contribution in [3.8, 4) is 61.6 Å². The molecule has 11 aromatic rings. The molecule has 9 aromatic carbocycles. The first-order valence-electron chi connectivity index (χ1n) is 21.2. The Morgan fingerprint density at radius 1 is 0.500 bits per heavy atom. The number of aryl methyl sites for hydroxylation is 1. The monoisotopic (exact) mass is 794 g/mol. The lowest BCUT2D eigenvalue weighted by atomic mass is 9.87.